The van der Waals surface area contributed by atoms with Crippen LogP contribution < -0.4 is 5.73 Å². The van der Waals surface area contributed by atoms with Gasteiger partial charge in [-0.15, -0.1) is 11.8 Å². The van der Waals surface area contributed by atoms with Crippen LogP contribution in [0.15, 0.2) is 23.1 Å². The molecule has 1 rings (SSSR count). The monoisotopic (exact) mass is 275 g/mol. The summed E-state index contributed by atoms with van der Waals surface area (Å²) in [5, 5.41) is 9.12. The summed E-state index contributed by atoms with van der Waals surface area (Å²) in [5.41, 5.74) is 5.90. The van der Waals surface area contributed by atoms with Crippen molar-refractivity contribution in [3.05, 3.63) is 29.8 Å². The summed E-state index contributed by atoms with van der Waals surface area (Å²) in [5.74, 6) is -1.76. The average molecular weight is 275 g/mol. The summed E-state index contributed by atoms with van der Waals surface area (Å²) >= 11 is 1.26. The Morgan fingerprint density at radius 1 is 1.28 bits per heavy atom. The zero-order valence-corrected chi connectivity index (χ0v) is 11.6. The lowest BCUT2D eigenvalue weighted by atomic mass is 9.85. The Labute approximate surface area is 111 Å². The highest BCUT2D eigenvalue weighted by Gasteiger charge is 2.29. The second-order valence-corrected chi connectivity index (χ2v) is 6.62. The molecule has 0 spiro atoms. The van der Waals surface area contributed by atoms with E-state index in [9.17, 15) is 13.9 Å². The van der Waals surface area contributed by atoms with E-state index in [-0.39, 0.29) is 23.3 Å². The van der Waals surface area contributed by atoms with Crippen LogP contribution in [0.1, 0.15) is 20.8 Å². The molecule has 0 aliphatic carbocycles. The molecule has 2 nitrogen and oxygen atoms in total. The largest absolute Gasteiger partial charge is 0.395 e. The molecule has 2 atom stereocenters. The molecule has 0 aliphatic heterocycles. The summed E-state index contributed by atoms with van der Waals surface area (Å²) in [6, 6.07) is 3.44. The molecule has 0 saturated heterocycles. The lowest BCUT2D eigenvalue weighted by molar-refractivity contribution is 0.233. The molecule has 0 fully saturated rings. The van der Waals surface area contributed by atoms with E-state index in [2.05, 4.69) is 0 Å². The number of benzene rings is 1. The van der Waals surface area contributed by atoms with Crippen molar-refractivity contribution in [2.75, 3.05) is 6.61 Å². The van der Waals surface area contributed by atoms with Gasteiger partial charge in [0.15, 0.2) is 11.6 Å². The summed E-state index contributed by atoms with van der Waals surface area (Å²) in [4.78, 5) is 0.563. The second-order valence-electron chi connectivity index (χ2n) is 5.31. The minimum atomic E-state index is -0.888. The molecule has 3 N–H and O–H groups in total. The fourth-order valence-electron chi connectivity index (χ4n) is 1.51. The molecule has 1 aromatic carbocycles. The number of nitrogens with two attached hydrogens (primary N) is 1. The highest BCUT2D eigenvalue weighted by Crippen LogP contribution is 2.32. The van der Waals surface area contributed by atoms with Gasteiger partial charge in [0.25, 0.3) is 0 Å². The molecule has 5 heteroatoms. The van der Waals surface area contributed by atoms with Gasteiger partial charge in [-0.3, -0.25) is 0 Å². The summed E-state index contributed by atoms with van der Waals surface area (Å²) in [6.45, 7) is 5.83. The Hall–Kier alpha value is -0.650. The van der Waals surface area contributed by atoms with Crippen LogP contribution in [0.2, 0.25) is 0 Å². The van der Waals surface area contributed by atoms with E-state index in [0.29, 0.717) is 4.90 Å². The van der Waals surface area contributed by atoms with E-state index in [1.54, 1.807) is 0 Å². The first kappa shape index (κ1) is 15.4. The quantitative estimate of drug-likeness (QED) is 0.831. The Morgan fingerprint density at radius 3 is 2.33 bits per heavy atom. The molecule has 0 saturated carbocycles. The van der Waals surface area contributed by atoms with E-state index >= 15 is 0 Å². The van der Waals surface area contributed by atoms with Gasteiger partial charge in [-0.25, -0.2) is 8.78 Å². The number of hydrogen-bond donors (Lipinski definition) is 2. The average Bonchev–Trinajstić information content (AvgIpc) is 2.28. The van der Waals surface area contributed by atoms with Crippen molar-refractivity contribution in [3.8, 4) is 0 Å². The van der Waals surface area contributed by atoms with Gasteiger partial charge in [-0.2, -0.15) is 0 Å². The van der Waals surface area contributed by atoms with Crippen LogP contribution in [0.25, 0.3) is 0 Å². The predicted octanol–water partition coefficient (Wildman–Crippen LogP) is 2.79. The lowest BCUT2D eigenvalue weighted by Gasteiger charge is -2.32. The molecule has 0 aliphatic rings. The van der Waals surface area contributed by atoms with Crippen molar-refractivity contribution in [1.29, 1.82) is 0 Å². The van der Waals surface area contributed by atoms with Gasteiger partial charge < -0.3 is 10.8 Å². The van der Waals surface area contributed by atoms with Crippen LogP contribution in [0, 0.1) is 17.0 Å². The zero-order chi connectivity index (χ0) is 13.9. The topological polar surface area (TPSA) is 46.2 Å². The predicted molar refractivity (Wildman–Crippen MR) is 70.5 cm³/mol. The van der Waals surface area contributed by atoms with E-state index < -0.39 is 11.6 Å². The third kappa shape index (κ3) is 3.93. The first-order chi connectivity index (χ1) is 8.25. The van der Waals surface area contributed by atoms with Crippen molar-refractivity contribution in [3.63, 3.8) is 0 Å². The minimum Gasteiger partial charge on any atom is -0.395 e. The third-order valence-corrected chi connectivity index (χ3v) is 4.03. The van der Waals surface area contributed by atoms with Crippen LogP contribution in [0.4, 0.5) is 8.78 Å². The molecule has 102 valence electrons. The number of rotatable bonds is 4. The highest BCUT2D eigenvalue weighted by atomic mass is 32.2. The van der Waals surface area contributed by atoms with Crippen LogP contribution in [-0.4, -0.2) is 23.0 Å². The Morgan fingerprint density at radius 2 is 1.89 bits per heavy atom. The van der Waals surface area contributed by atoms with E-state index in [4.69, 9.17) is 5.73 Å². The minimum absolute atomic E-state index is 0.109. The van der Waals surface area contributed by atoms with Crippen molar-refractivity contribution < 1.29 is 13.9 Å². The fourth-order valence-corrected chi connectivity index (χ4v) is 2.80. The van der Waals surface area contributed by atoms with Gasteiger partial charge in [0.1, 0.15) is 0 Å². The molecule has 0 heterocycles. The zero-order valence-electron chi connectivity index (χ0n) is 10.8. The van der Waals surface area contributed by atoms with Gasteiger partial charge in [0.2, 0.25) is 0 Å². The summed E-state index contributed by atoms with van der Waals surface area (Å²) in [6.07, 6.45) is 0. The fraction of sp³-hybridized carbons (Fsp3) is 0.538. The van der Waals surface area contributed by atoms with Gasteiger partial charge >= 0.3 is 0 Å². The van der Waals surface area contributed by atoms with E-state index in [1.807, 2.05) is 20.8 Å². The highest BCUT2D eigenvalue weighted by molar-refractivity contribution is 8.00. The Bertz CT molecular complexity index is 406. The van der Waals surface area contributed by atoms with Crippen LogP contribution in [-0.2, 0) is 0 Å². The van der Waals surface area contributed by atoms with Crippen molar-refractivity contribution >= 4 is 11.8 Å². The number of aliphatic hydroxyl groups excluding tert-OH is 1. The first-order valence-electron chi connectivity index (χ1n) is 5.74. The maximum atomic E-state index is 13.1. The molecule has 0 bridgehead atoms. The van der Waals surface area contributed by atoms with Crippen molar-refractivity contribution in [2.24, 2.45) is 11.1 Å². The Balaban J connectivity index is 2.83. The second kappa shape index (κ2) is 5.99. The van der Waals surface area contributed by atoms with Crippen LogP contribution >= 0.6 is 11.8 Å². The molecule has 1 aromatic rings. The van der Waals surface area contributed by atoms with Gasteiger partial charge in [0, 0.05) is 16.2 Å². The number of aliphatic hydroxyl groups is 1. The maximum Gasteiger partial charge on any atom is 0.159 e. The van der Waals surface area contributed by atoms with E-state index in [1.165, 1.54) is 17.8 Å². The summed E-state index contributed by atoms with van der Waals surface area (Å²) in [7, 11) is 0. The lowest BCUT2D eigenvalue weighted by Crippen LogP contribution is -2.45. The standard InChI is InChI=1S/C13H19F2NOS/c1-13(2,3)12(16)11(7-17)18-8-4-5-9(14)10(15)6-8/h4-6,11-12,17H,7,16H2,1-3H3. The normalized spacial score (nSPS) is 15.5. The molecule has 0 radical (unpaired) electrons. The Kier molecular flexibility index (Phi) is 5.13. The van der Waals surface area contributed by atoms with Gasteiger partial charge in [0.05, 0.1) is 6.61 Å². The van der Waals surface area contributed by atoms with Crippen molar-refractivity contribution in [1.82, 2.24) is 0 Å². The van der Waals surface area contributed by atoms with Gasteiger partial charge in [-0.1, -0.05) is 20.8 Å². The smallest absolute Gasteiger partial charge is 0.159 e. The SMILES string of the molecule is CC(C)(C)C(N)C(CO)Sc1ccc(F)c(F)c1. The number of halogens is 2. The maximum absolute atomic E-state index is 13.1. The molecule has 0 amide bonds. The number of hydrogen-bond acceptors (Lipinski definition) is 3. The van der Waals surface area contributed by atoms with Crippen molar-refractivity contribution in [2.45, 2.75) is 37.0 Å². The molecule has 2 unspecified atom stereocenters. The molecular weight excluding hydrogens is 256 g/mol. The molecule has 18 heavy (non-hydrogen) atoms. The van der Waals surface area contributed by atoms with Gasteiger partial charge in [-0.05, 0) is 23.6 Å². The first-order valence-corrected chi connectivity index (χ1v) is 6.62. The third-order valence-electron chi connectivity index (χ3n) is 2.76. The molecule has 0 aromatic heterocycles. The summed E-state index contributed by atoms with van der Waals surface area (Å²) < 4.78 is 25.9. The number of thioether (sulfide) groups is 1. The van der Waals surface area contributed by atoms with Crippen LogP contribution in [0.3, 0.4) is 0 Å². The van der Waals surface area contributed by atoms with Crippen LogP contribution in [0.5, 0.6) is 0 Å². The van der Waals surface area contributed by atoms with E-state index in [0.717, 1.165) is 12.1 Å². The molecular formula is C13H19F2NOS.